The summed E-state index contributed by atoms with van der Waals surface area (Å²) in [7, 11) is 3.98. The second kappa shape index (κ2) is 6.98. The number of hydrogen-bond acceptors (Lipinski definition) is 2. The number of nitrogens with zero attached hydrogens (tertiary/aromatic N) is 1. The first-order chi connectivity index (χ1) is 9.61. The van der Waals surface area contributed by atoms with Crippen LogP contribution in [0.2, 0.25) is 10.0 Å². The number of benzene rings is 2. The number of anilines is 1. The Hall–Kier alpha value is -1.22. The molecule has 0 aliphatic heterocycles. The standard InChI is InChI=1S/C16H18Cl2N2/c1-19-10-13-4-3-5-15(18)16(13)20(2)11-12-6-8-14(17)9-7-12/h3-9,19H,10-11H2,1-2H3. The van der Waals surface area contributed by atoms with Crippen LogP contribution in [0.25, 0.3) is 0 Å². The maximum atomic E-state index is 6.36. The Morgan fingerprint density at radius 3 is 2.40 bits per heavy atom. The van der Waals surface area contributed by atoms with Crippen molar-refractivity contribution in [2.24, 2.45) is 0 Å². The van der Waals surface area contributed by atoms with Crippen molar-refractivity contribution in [2.75, 3.05) is 19.0 Å². The van der Waals surface area contributed by atoms with E-state index in [-0.39, 0.29) is 0 Å². The van der Waals surface area contributed by atoms with Crippen molar-refractivity contribution in [3.8, 4) is 0 Å². The van der Waals surface area contributed by atoms with Crippen molar-refractivity contribution in [1.82, 2.24) is 5.32 Å². The average Bonchev–Trinajstić information content (AvgIpc) is 2.42. The fourth-order valence-corrected chi connectivity index (χ4v) is 2.73. The molecule has 0 aliphatic carbocycles. The second-order valence-corrected chi connectivity index (χ2v) is 5.60. The van der Waals surface area contributed by atoms with Crippen LogP contribution >= 0.6 is 23.2 Å². The minimum Gasteiger partial charge on any atom is -0.369 e. The Morgan fingerprint density at radius 2 is 1.75 bits per heavy atom. The summed E-state index contributed by atoms with van der Waals surface area (Å²) in [6.07, 6.45) is 0. The molecule has 0 atom stereocenters. The summed E-state index contributed by atoms with van der Waals surface area (Å²) in [6.45, 7) is 1.58. The van der Waals surface area contributed by atoms with E-state index < -0.39 is 0 Å². The molecule has 0 amide bonds. The summed E-state index contributed by atoms with van der Waals surface area (Å²) in [6, 6.07) is 13.9. The van der Waals surface area contributed by atoms with E-state index in [2.05, 4.69) is 23.3 Å². The molecule has 1 N–H and O–H groups in total. The van der Waals surface area contributed by atoms with Gasteiger partial charge in [-0.3, -0.25) is 0 Å². The SMILES string of the molecule is CNCc1cccc(Cl)c1N(C)Cc1ccc(Cl)cc1. The zero-order valence-electron chi connectivity index (χ0n) is 11.7. The van der Waals surface area contributed by atoms with Gasteiger partial charge in [-0.05, 0) is 36.4 Å². The van der Waals surface area contributed by atoms with E-state index in [9.17, 15) is 0 Å². The lowest BCUT2D eigenvalue weighted by atomic mass is 10.1. The van der Waals surface area contributed by atoms with Crippen LogP contribution in [0.1, 0.15) is 11.1 Å². The Morgan fingerprint density at radius 1 is 1.05 bits per heavy atom. The topological polar surface area (TPSA) is 15.3 Å². The molecule has 0 heterocycles. The molecule has 2 aromatic carbocycles. The Labute approximate surface area is 130 Å². The molecule has 0 saturated heterocycles. The molecule has 106 valence electrons. The number of halogens is 2. The third kappa shape index (κ3) is 3.66. The van der Waals surface area contributed by atoms with Crippen LogP contribution in [-0.2, 0) is 13.1 Å². The molecule has 20 heavy (non-hydrogen) atoms. The molecule has 0 aliphatic rings. The third-order valence-electron chi connectivity index (χ3n) is 3.15. The van der Waals surface area contributed by atoms with Gasteiger partial charge in [0.1, 0.15) is 0 Å². The molecule has 0 aromatic heterocycles. The lowest BCUT2D eigenvalue weighted by molar-refractivity contribution is 0.805. The van der Waals surface area contributed by atoms with Gasteiger partial charge in [-0.25, -0.2) is 0 Å². The van der Waals surface area contributed by atoms with Crippen LogP contribution in [0.4, 0.5) is 5.69 Å². The second-order valence-electron chi connectivity index (χ2n) is 4.76. The Bertz CT molecular complexity index is 567. The monoisotopic (exact) mass is 308 g/mol. The van der Waals surface area contributed by atoms with Crippen LogP contribution in [-0.4, -0.2) is 14.1 Å². The van der Waals surface area contributed by atoms with Gasteiger partial charge in [-0.15, -0.1) is 0 Å². The quantitative estimate of drug-likeness (QED) is 0.883. The van der Waals surface area contributed by atoms with Gasteiger partial charge >= 0.3 is 0 Å². The van der Waals surface area contributed by atoms with Crippen LogP contribution in [0.15, 0.2) is 42.5 Å². The first-order valence-corrected chi connectivity index (χ1v) is 7.25. The lowest BCUT2D eigenvalue weighted by Crippen LogP contribution is -2.20. The van der Waals surface area contributed by atoms with E-state index in [1.54, 1.807) is 0 Å². The van der Waals surface area contributed by atoms with Gasteiger partial charge in [-0.2, -0.15) is 0 Å². The van der Waals surface area contributed by atoms with Gasteiger partial charge in [0.15, 0.2) is 0 Å². The zero-order chi connectivity index (χ0) is 14.5. The van der Waals surface area contributed by atoms with Crippen molar-refractivity contribution in [2.45, 2.75) is 13.1 Å². The van der Waals surface area contributed by atoms with Crippen molar-refractivity contribution < 1.29 is 0 Å². The summed E-state index contributed by atoms with van der Waals surface area (Å²) in [5.74, 6) is 0. The van der Waals surface area contributed by atoms with Gasteiger partial charge < -0.3 is 10.2 Å². The van der Waals surface area contributed by atoms with Crippen molar-refractivity contribution >= 4 is 28.9 Å². The number of hydrogen-bond donors (Lipinski definition) is 1. The minimum absolute atomic E-state index is 0.755. The molecule has 0 fully saturated rings. The molecule has 2 rings (SSSR count). The first-order valence-electron chi connectivity index (χ1n) is 6.49. The normalized spacial score (nSPS) is 10.6. The van der Waals surface area contributed by atoms with E-state index in [1.807, 2.05) is 43.4 Å². The predicted molar refractivity (Wildman–Crippen MR) is 87.8 cm³/mol. The highest BCUT2D eigenvalue weighted by Crippen LogP contribution is 2.30. The molecule has 2 nitrogen and oxygen atoms in total. The fourth-order valence-electron chi connectivity index (χ4n) is 2.26. The van der Waals surface area contributed by atoms with Crippen molar-refractivity contribution in [3.05, 3.63) is 63.6 Å². The summed E-state index contributed by atoms with van der Waals surface area (Å²) in [4.78, 5) is 2.16. The zero-order valence-corrected chi connectivity index (χ0v) is 13.2. The van der Waals surface area contributed by atoms with Gasteiger partial charge in [0.05, 0.1) is 10.7 Å². The summed E-state index contributed by atoms with van der Waals surface area (Å²) < 4.78 is 0. The van der Waals surface area contributed by atoms with E-state index in [1.165, 1.54) is 11.1 Å². The maximum Gasteiger partial charge on any atom is 0.0642 e. The van der Waals surface area contributed by atoms with Crippen LogP contribution < -0.4 is 10.2 Å². The number of para-hydroxylation sites is 1. The number of nitrogens with one attached hydrogen (secondary N) is 1. The van der Waals surface area contributed by atoms with Gasteiger partial charge in [0.2, 0.25) is 0 Å². The molecule has 0 unspecified atom stereocenters. The average molecular weight is 309 g/mol. The van der Waals surface area contributed by atoms with Gasteiger partial charge in [0, 0.05) is 25.2 Å². The molecular weight excluding hydrogens is 291 g/mol. The molecule has 0 bridgehead atoms. The summed E-state index contributed by atoms with van der Waals surface area (Å²) in [5, 5.41) is 4.70. The first kappa shape index (κ1) is 15.2. The van der Waals surface area contributed by atoms with Gasteiger partial charge in [-0.1, -0.05) is 47.5 Å². The van der Waals surface area contributed by atoms with E-state index in [0.717, 1.165) is 28.8 Å². The van der Waals surface area contributed by atoms with Gasteiger partial charge in [0.25, 0.3) is 0 Å². The highest BCUT2D eigenvalue weighted by Gasteiger charge is 2.11. The molecule has 2 aromatic rings. The summed E-state index contributed by atoms with van der Waals surface area (Å²) >= 11 is 12.3. The minimum atomic E-state index is 0.755. The van der Waals surface area contributed by atoms with Crippen molar-refractivity contribution in [1.29, 1.82) is 0 Å². The van der Waals surface area contributed by atoms with Crippen molar-refractivity contribution in [3.63, 3.8) is 0 Å². The number of rotatable bonds is 5. The fraction of sp³-hybridized carbons (Fsp3) is 0.250. The molecule has 0 saturated carbocycles. The molecular formula is C16H18Cl2N2. The lowest BCUT2D eigenvalue weighted by Gasteiger charge is -2.24. The van der Waals surface area contributed by atoms with Crippen LogP contribution in [0, 0.1) is 0 Å². The Balaban J connectivity index is 2.24. The Kier molecular flexibility index (Phi) is 5.30. The maximum absolute atomic E-state index is 6.36. The molecule has 0 radical (unpaired) electrons. The highest BCUT2D eigenvalue weighted by atomic mass is 35.5. The molecule has 4 heteroatoms. The molecule has 0 spiro atoms. The summed E-state index contributed by atoms with van der Waals surface area (Å²) in [5.41, 5.74) is 3.46. The van der Waals surface area contributed by atoms with E-state index >= 15 is 0 Å². The van der Waals surface area contributed by atoms with E-state index in [0.29, 0.717) is 0 Å². The third-order valence-corrected chi connectivity index (χ3v) is 3.71. The van der Waals surface area contributed by atoms with E-state index in [4.69, 9.17) is 23.2 Å². The predicted octanol–water partition coefficient (Wildman–Crippen LogP) is 4.35. The largest absolute Gasteiger partial charge is 0.369 e. The smallest absolute Gasteiger partial charge is 0.0642 e. The van der Waals surface area contributed by atoms with Crippen LogP contribution in [0.3, 0.4) is 0 Å². The highest BCUT2D eigenvalue weighted by molar-refractivity contribution is 6.33. The van der Waals surface area contributed by atoms with Crippen LogP contribution in [0.5, 0.6) is 0 Å².